The number of thiocarbonyl (C=S) groups is 1. The summed E-state index contributed by atoms with van der Waals surface area (Å²) >= 11 is 15.7. The van der Waals surface area contributed by atoms with Gasteiger partial charge in [0.2, 0.25) is 5.01 Å². The fourth-order valence-electron chi connectivity index (χ4n) is 2.90. The van der Waals surface area contributed by atoms with Crippen LogP contribution in [0.5, 0.6) is 0 Å². The number of aromatic nitrogens is 1. The van der Waals surface area contributed by atoms with E-state index in [9.17, 15) is 18.8 Å². The molecule has 0 saturated carbocycles. The van der Waals surface area contributed by atoms with Crippen LogP contribution in [0.4, 0.5) is 4.39 Å². The Morgan fingerprint density at radius 3 is 2.05 bits per heavy atom. The van der Waals surface area contributed by atoms with Crippen molar-refractivity contribution in [1.29, 1.82) is 0 Å². The normalized spacial score (nSPS) is 10.6. The molecule has 3 rings (SSSR count). The molecule has 2 aromatic carbocycles. The van der Waals surface area contributed by atoms with E-state index in [1.807, 2.05) is 56.3 Å². The molecule has 0 fully saturated rings. The van der Waals surface area contributed by atoms with Gasteiger partial charge < -0.3 is 15.2 Å². The highest BCUT2D eigenvalue weighted by molar-refractivity contribution is 9.10. The Morgan fingerprint density at radius 2 is 1.60 bits per heavy atom. The number of hydrogen-bond acceptors (Lipinski definition) is 8. The Bertz CT molecular complexity index is 1330. The van der Waals surface area contributed by atoms with Crippen LogP contribution >= 0.6 is 71.3 Å². The first-order valence-electron chi connectivity index (χ1n) is 13.1. The van der Waals surface area contributed by atoms with Gasteiger partial charge in [0.05, 0.1) is 32.3 Å². The molecule has 13 heteroatoms. The first-order valence-corrected chi connectivity index (χ1v) is 16.1. The van der Waals surface area contributed by atoms with Gasteiger partial charge in [-0.2, -0.15) is 0 Å². The van der Waals surface area contributed by atoms with Crippen molar-refractivity contribution in [2.24, 2.45) is 5.73 Å². The predicted molar refractivity (Wildman–Crippen MR) is 181 cm³/mol. The lowest BCUT2D eigenvalue weighted by Crippen LogP contribution is -2.23. The molecule has 1 aromatic heterocycles. The highest BCUT2D eigenvalue weighted by Gasteiger charge is 2.15. The maximum atomic E-state index is 11.6. The van der Waals surface area contributed by atoms with Crippen molar-refractivity contribution in [3.63, 3.8) is 0 Å². The van der Waals surface area contributed by atoms with E-state index in [0.717, 1.165) is 37.1 Å². The average Bonchev–Trinajstić information content (AvgIpc) is 3.30. The Kier molecular flexibility index (Phi) is 20.3. The molecule has 0 aliphatic rings. The summed E-state index contributed by atoms with van der Waals surface area (Å²) in [6.45, 7) is 8.00. The van der Waals surface area contributed by atoms with E-state index >= 15 is 0 Å². The quantitative estimate of drug-likeness (QED) is 0.140. The van der Waals surface area contributed by atoms with Crippen LogP contribution in [-0.4, -0.2) is 52.9 Å². The second-order valence-electron chi connectivity index (χ2n) is 8.02. The van der Waals surface area contributed by atoms with Gasteiger partial charge in [-0.05, 0) is 63.1 Å². The number of nitrogens with two attached hydrogens (primary N) is 1. The first-order chi connectivity index (χ1) is 20.3. The molecule has 0 amide bonds. The van der Waals surface area contributed by atoms with Gasteiger partial charge in [-0.1, -0.05) is 84.3 Å². The number of thiazole rings is 1. The summed E-state index contributed by atoms with van der Waals surface area (Å²) in [5.41, 5.74) is 8.03. The number of alkyl halides is 2. The maximum Gasteiger partial charge on any atom is 0.367 e. The molecule has 1 unspecified atom stereocenters. The number of ether oxygens (including phenoxy) is 2. The van der Waals surface area contributed by atoms with Crippen molar-refractivity contribution >= 4 is 94.1 Å². The maximum absolute atomic E-state index is 11.6. The predicted octanol–water partition coefficient (Wildman–Crippen LogP) is 7.75. The van der Waals surface area contributed by atoms with Crippen LogP contribution in [0.25, 0.3) is 0 Å². The molecule has 0 spiro atoms. The Balaban J connectivity index is 0.000000637. The zero-order chi connectivity index (χ0) is 32.9. The molecule has 230 valence electrons. The van der Waals surface area contributed by atoms with Gasteiger partial charge in [0.25, 0.3) is 0 Å². The van der Waals surface area contributed by atoms with Gasteiger partial charge in [-0.15, -0.1) is 11.3 Å². The molecule has 0 aliphatic carbocycles. The standard InChI is InChI=1S/C14H14BrNO2S.C10H10Br2O.C4H7NO2S.CH3F/c1-3-18-14(17)13-16-12(9(2)19-13)8-10-5-4-6-11(15)7-10;1-7(11)10(13)6-8-3-2-4-9(12)5-8;1-2-7-4(6)3(5)8;1-2/h4-7H,3,8H2,1-2H3;2-5,7H,6H2,1H3;2H2,1H3,(H2,5,8);1H3/i;;;1D. The zero-order valence-electron chi connectivity index (χ0n) is 24.6. The third kappa shape index (κ3) is 16.5. The van der Waals surface area contributed by atoms with Crippen LogP contribution in [0.1, 0.15) is 53.6 Å². The summed E-state index contributed by atoms with van der Waals surface area (Å²) in [5.74, 6) is -0.739. The Labute approximate surface area is 282 Å². The number of halogens is 4. The van der Waals surface area contributed by atoms with E-state index in [0.29, 0.717) is 24.6 Å². The van der Waals surface area contributed by atoms with Gasteiger partial charge in [-0.3, -0.25) is 9.18 Å². The van der Waals surface area contributed by atoms with Crippen LogP contribution in [0.15, 0.2) is 57.5 Å². The van der Waals surface area contributed by atoms with Crippen molar-refractivity contribution in [2.45, 2.75) is 45.4 Å². The van der Waals surface area contributed by atoms with Gasteiger partial charge in [-0.25, -0.2) is 14.6 Å². The lowest BCUT2D eigenvalue weighted by atomic mass is 10.1. The summed E-state index contributed by atoms with van der Waals surface area (Å²) in [5, 5.41) is 0.435. The molecule has 0 bridgehead atoms. The molecular weight excluding hydrogens is 779 g/mol. The van der Waals surface area contributed by atoms with Gasteiger partial charge in [0.1, 0.15) is 0 Å². The first kappa shape index (κ1) is 38.0. The van der Waals surface area contributed by atoms with E-state index in [1.165, 1.54) is 11.3 Å². The van der Waals surface area contributed by atoms with Crippen molar-refractivity contribution in [3.8, 4) is 0 Å². The molecule has 0 radical (unpaired) electrons. The third-order valence-corrected chi connectivity index (χ3v) is 7.45. The van der Waals surface area contributed by atoms with Crippen molar-refractivity contribution in [2.75, 3.05) is 20.4 Å². The number of carbonyl (C=O) groups excluding carboxylic acids is 3. The largest absolute Gasteiger partial charge is 0.461 e. The van der Waals surface area contributed by atoms with Crippen molar-refractivity contribution in [1.82, 2.24) is 4.98 Å². The van der Waals surface area contributed by atoms with E-state index < -0.39 is 13.1 Å². The second-order valence-corrected chi connectivity index (χ2v) is 12.9. The fourth-order valence-corrected chi connectivity index (χ4v) is 4.84. The van der Waals surface area contributed by atoms with Crippen LogP contribution < -0.4 is 5.73 Å². The molecule has 3 aromatic rings. The highest BCUT2D eigenvalue weighted by Crippen LogP contribution is 2.22. The molecule has 2 N–H and O–H groups in total. The average molecular weight is 814 g/mol. The third-order valence-electron chi connectivity index (χ3n) is 4.79. The second kappa shape index (κ2) is 22.5. The number of esters is 2. The summed E-state index contributed by atoms with van der Waals surface area (Å²) in [7, 11) is -1.00. The number of nitrogens with zero attached hydrogens (tertiary/aromatic N) is 1. The monoisotopic (exact) mass is 811 g/mol. The Morgan fingerprint density at radius 1 is 1.07 bits per heavy atom. The van der Waals surface area contributed by atoms with Crippen LogP contribution in [0.2, 0.25) is 0 Å². The van der Waals surface area contributed by atoms with Crippen molar-refractivity contribution in [3.05, 3.63) is 84.2 Å². The zero-order valence-corrected chi connectivity index (χ0v) is 30.0. The van der Waals surface area contributed by atoms with Gasteiger partial charge >= 0.3 is 11.9 Å². The van der Waals surface area contributed by atoms with Crippen LogP contribution in [0.3, 0.4) is 0 Å². The summed E-state index contributed by atoms with van der Waals surface area (Å²) in [6, 6.07) is 15.9. The number of ketones is 1. The smallest absolute Gasteiger partial charge is 0.367 e. The molecule has 1 atom stereocenters. The molecule has 1 heterocycles. The fraction of sp³-hybridized carbons (Fsp3) is 0.345. The SMILES string of the molecule is CC(Br)C(=O)Cc1cccc(Br)c1.CCOC(=O)C(N)=S.CCOC(=O)c1nc(Cc2cccc(Br)c2)c(C)s1.[2H]CF. The minimum absolute atomic E-state index is 0.0634. The summed E-state index contributed by atoms with van der Waals surface area (Å²) in [4.78, 5) is 38.4. The lowest BCUT2D eigenvalue weighted by molar-refractivity contribution is -0.134. The van der Waals surface area contributed by atoms with Gasteiger partial charge in [0.15, 0.2) is 10.8 Å². The van der Waals surface area contributed by atoms with E-state index in [-0.39, 0.29) is 21.6 Å². The Hall–Kier alpha value is -2.06. The summed E-state index contributed by atoms with van der Waals surface area (Å²) in [6.07, 6.45) is 1.22. The highest BCUT2D eigenvalue weighted by atomic mass is 79.9. The topological polar surface area (TPSA) is 109 Å². The number of rotatable bonds is 8. The van der Waals surface area contributed by atoms with E-state index in [2.05, 4.69) is 75.8 Å². The van der Waals surface area contributed by atoms with Gasteiger partial charge in [0, 0.05) is 26.7 Å². The molecule has 0 aliphatic heterocycles. The molecule has 0 saturated heterocycles. The molecule has 42 heavy (non-hydrogen) atoms. The number of Topliss-reactive ketones (excluding diaryl/α,β-unsaturated/α-hetero) is 1. The lowest BCUT2D eigenvalue weighted by Gasteiger charge is -2.02. The molecule has 7 nitrogen and oxygen atoms in total. The minimum atomic E-state index is -1.00. The number of hydrogen-bond donors (Lipinski definition) is 1. The van der Waals surface area contributed by atoms with E-state index in [4.69, 9.17) is 11.8 Å². The number of aryl methyl sites for hydroxylation is 1. The molecular formula is C29H34Br3FN2O5S2. The number of carbonyl (C=O) groups is 3. The van der Waals surface area contributed by atoms with Crippen LogP contribution in [0, 0.1) is 6.92 Å². The van der Waals surface area contributed by atoms with Crippen LogP contribution in [-0.2, 0) is 31.9 Å². The number of benzene rings is 2. The van der Waals surface area contributed by atoms with Crippen molar-refractivity contribution < 1.29 is 29.6 Å². The minimum Gasteiger partial charge on any atom is -0.461 e. The van der Waals surface area contributed by atoms with E-state index in [1.54, 1.807) is 13.8 Å². The summed E-state index contributed by atoms with van der Waals surface area (Å²) < 4.78 is 26.9.